The molecule has 1 saturated carbocycles. The number of hydrazone groups is 1. The molecule has 0 unspecified atom stereocenters. The number of amides is 2. The Kier molecular flexibility index (Phi) is 8.02. The summed E-state index contributed by atoms with van der Waals surface area (Å²) in [4.78, 5) is 28.3. The highest BCUT2D eigenvalue weighted by Gasteiger charge is 2.37. The molecular weight excluding hydrogens is 446 g/mol. The lowest BCUT2D eigenvalue weighted by molar-refractivity contribution is -0.146. The van der Waals surface area contributed by atoms with E-state index in [0.717, 1.165) is 41.9 Å². The maximum atomic E-state index is 13.7. The Bertz CT molecular complexity index is 1080. The summed E-state index contributed by atoms with van der Waals surface area (Å²) in [5.74, 6) is 1.20. The Hall–Kier alpha value is -3.39. The SMILES string of the molecule is COCCN(CC(=O)N1N=C(c2cccc(OC)c2)C[C@@H]1c1ccccc1OC)C(=O)C1CCC1. The van der Waals surface area contributed by atoms with E-state index in [4.69, 9.17) is 19.3 Å². The van der Waals surface area contributed by atoms with E-state index in [0.29, 0.717) is 25.3 Å². The normalized spacial score (nSPS) is 17.5. The minimum absolute atomic E-state index is 0.000839. The molecule has 0 saturated heterocycles. The number of hydrogen-bond donors (Lipinski definition) is 0. The van der Waals surface area contributed by atoms with Crippen LogP contribution in [0.2, 0.25) is 0 Å². The van der Waals surface area contributed by atoms with E-state index in [9.17, 15) is 9.59 Å². The van der Waals surface area contributed by atoms with Crippen LogP contribution in [0.1, 0.15) is 42.9 Å². The van der Waals surface area contributed by atoms with Gasteiger partial charge in [-0.15, -0.1) is 0 Å². The van der Waals surface area contributed by atoms with Gasteiger partial charge in [-0.3, -0.25) is 9.59 Å². The summed E-state index contributed by atoms with van der Waals surface area (Å²) in [6.45, 7) is 0.705. The lowest BCUT2D eigenvalue weighted by Crippen LogP contribution is -2.46. The van der Waals surface area contributed by atoms with Gasteiger partial charge in [-0.2, -0.15) is 5.10 Å². The molecular formula is C27H33N3O5. The van der Waals surface area contributed by atoms with E-state index in [-0.39, 0.29) is 30.3 Å². The fourth-order valence-electron chi connectivity index (χ4n) is 4.52. The topological polar surface area (TPSA) is 80.7 Å². The molecule has 0 aromatic heterocycles. The zero-order chi connectivity index (χ0) is 24.8. The summed E-state index contributed by atoms with van der Waals surface area (Å²) in [5.41, 5.74) is 2.54. The average molecular weight is 480 g/mol. The lowest BCUT2D eigenvalue weighted by Gasteiger charge is -2.32. The molecule has 1 aliphatic carbocycles. The van der Waals surface area contributed by atoms with Gasteiger partial charge < -0.3 is 19.1 Å². The van der Waals surface area contributed by atoms with Gasteiger partial charge in [0.2, 0.25) is 5.91 Å². The molecule has 1 heterocycles. The van der Waals surface area contributed by atoms with Gasteiger partial charge in [0.05, 0.1) is 32.6 Å². The Morgan fingerprint density at radius 2 is 1.86 bits per heavy atom. The molecule has 8 nitrogen and oxygen atoms in total. The average Bonchev–Trinajstić information content (AvgIpc) is 3.31. The van der Waals surface area contributed by atoms with Crippen molar-refractivity contribution in [2.24, 2.45) is 11.0 Å². The molecule has 1 atom stereocenters. The van der Waals surface area contributed by atoms with Gasteiger partial charge in [0, 0.05) is 37.1 Å². The maximum Gasteiger partial charge on any atom is 0.262 e. The van der Waals surface area contributed by atoms with E-state index in [2.05, 4.69) is 0 Å². The minimum atomic E-state index is -0.345. The molecule has 0 N–H and O–H groups in total. The predicted octanol–water partition coefficient (Wildman–Crippen LogP) is 3.66. The molecule has 0 radical (unpaired) electrons. The molecule has 1 fully saturated rings. The van der Waals surface area contributed by atoms with Crippen molar-refractivity contribution in [1.29, 1.82) is 0 Å². The number of rotatable bonds is 10. The van der Waals surface area contributed by atoms with Crippen molar-refractivity contribution >= 4 is 17.5 Å². The van der Waals surface area contributed by atoms with Gasteiger partial charge in [-0.1, -0.05) is 36.8 Å². The van der Waals surface area contributed by atoms with Crippen molar-refractivity contribution in [1.82, 2.24) is 9.91 Å². The molecule has 2 aromatic rings. The Labute approximate surface area is 206 Å². The Balaban J connectivity index is 1.64. The summed E-state index contributed by atoms with van der Waals surface area (Å²) in [5, 5.41) is 6.27. The molecule has 2 aliphatic rings. The summed E-state index contributed by atoms with van der Waals surface area (Å²) >= 11 is 0. The quantitative estimate of drug-likeness (QED) is 0.520. The molecule has 8 heteroatoms. The molecule has 2 aromatic carbocycles. The molecule has 0 spiro atoms. The summed E-state index contributed by atoms with van der Waals surface area (Å²) < 4.78 is 16.2. The molecule has 2 amide bonds. The number of nitrogens with zero attached hydrogens (tertiary/aromatic N) is 3. The third kappa shape index (κ3) is 5.48. The predicted molar refractivity (Wildman–Crippen MR) is 133 cm³/mol. The number of para-hydroxylation sites is 1. The highest BCUT2D eigenvalue weighted by Crippen LogP contribution is 2.38. The second-order valence-corrected chi connectivity index (χ2v) is 8.86. The van der Waals surface area contributed by atoms with Gasteiger partial charge >= 0.3 is 0 Å². The zero-order valence-electron chi connectivity index (χ0n) is 20.6. The molecule has 186 valence electrons. The van der Waals surface area contributed by atoms with E-state index in [1.165, 1.54) is 5.01 Å². The molecule has 0 bridgehead atoms. The van der Waals surface area contributed by atoms with Gasteiger partial charge in [0.1, 0.15) is 18.0 Å². The van der Waals surface area contributed by atoms with E-state index in [1.54, 1.807) is 26.2 Å². The Morgan fingerprint density at radius 1 is 1.06 bits per heavy atom. The number of carbonyl (C=O) groups is 2. The van der Waals surface area contributed by atoms with Gasteiger partial charge in [0.25, 0.3) is 5.91 Å². The highest BCUT2D eigenvalue weighted by molar-refractivity contribution is 6.03. The number of hydrogen-bond acceptors (Lipinski definition) is 6. The zero-order valence-corrected chi connectivity index (χ0v) is 20.6. The van der Waals surface area contributed by atoms with Crippen LogP contribution in [-0.2, 0) is 14.3 Å². The van der Waals surface area contributed by atoms with Gasteiger partial charge in [-0.25, -0.2) is 5.01 Å². The third-order valence-corrected chi connectivity index (χ3v) is 6.72. The first-order valence-electron chi connectivity index (χ1n) is 12.0. The van der Waals surface area contributed by atoms with Crippen LogP contribution in [0, 0.1) is 5.92 Å². The second-order valence-electron chi connectivity index (χ2n) is 8.86. The fraction of sp³-hybridized carbons (Fsp3) is 0.444. The van der Waals surface area contributed by atoms with Crippen molar-refractivity contribution in [3.63, 3.8) is 0 Å². The van der Waals surface area contributed by atoms with Gasteiger partial charge in [0.15, 0.2) is 0 Å². The fourth-order valence-corrected chi connectivity index (χ4v) is 4.52. The van der Waals surface area contributed by atoms with Crippen molar-refractivity contribution in [3.8, 4) is 11.5 Å². The van der Waals surface area contributed by atoms with Crippen molar-refractivity contribution in [2.75, 3.05) is 41.0 Å². The first-order valence-corrected chi connectivity index (χ1v) is 12.0. The van der Waals surface area contributed by atoms with Crippen LogP contribution in [-0.4, -0.2) is 68.5 Å². The standard InChI is InChI=1S/C27H33N3O5/c1-33-15-14-29(27(32)19-8-6-9-19)18-26(31)30-24(22-12-4-5-13-25(22)35-3)17-23(28-30)20-10-7-11-21(16-20)34-2/h4-5,7,10-13,16,19,24H,6,8-9,14-15,17-18H2,1-3H3/t24-/m1/s1. The molecule has 35 heavy (non-hydrogen) atoms. The van der Waals surface area contributed by atoms with E-state index < -0.39 is 0 Å². The monoisotopic (exact) mass is 479 g/mol. The molecule has 4 rings (SSSR count). The van der Waals surface area contributed by atoms with Crippen molar-refractivity contribution < 1.29 is 23.8 Å². The number of methoxy groups -OCH3 is 3. The van der Waals surface area contributed by atoms with Crippen LogP contribution in [0.25, 0.3) is 0 Å². The Morgan fingerprint density at radius 3 is 2.54 bits per heavy atom. The summed E-state index contributed by atoms with van der Waals surface area (Å²) in [7, 11) is 4.83. The number of benzene rings is 2. The smallest absolute Gasteiger partial charge is 0.262 e. The van der Waals surface area contributed by atoms with Crippen molar-refractivity contribution in [2.45, 2.75) is 31.7 Å². The van der Waals surface area contributed by atoms with Crippen LogP contribution < -0.4 is 9.47 Å². The third-order valence-electron chi connectivity index (χ3n) is 6.72. The van der Waals surface area contributed by atoms with Crippen LogP contribution in [0.15, 0.2) is 53.6 Å². The summed E-state index contributed by atoms with van der Waals surface area (Å²) in [6.07, 6.45) is 3.33. The van der Waals surface area contributed by atoms with Crippen LogP contribution >= 0.6 is 0 Å². The maximum absolute atomic E-state index is 13.7. The molecule has 1 aliphatic heterocycles. The van der Waals surface area contributed by atoms with Crippen LogP contribution in [0.4, 0.5) is 0 Å². The number of ether oxygens (including phenoxy) is 3. The van der Waals surface area contributed by atoms with Crippen LogP contribution in [0.3, 0.4) is 0 Å². The largest absolute Gasteiger partial charge is 0.497 e. The summed E-state index contributed by atoms with van der Waals surface area (Å²) in [6, 6.07) is 15.0. The van der Waals surface area contributed by atoms with E-state index >= 15 is 0 Å². The van der Waals surface area contributed by atoms with Crippen molar-refractivity contribution in [3.05, 3.63) is 59.7 Å². The van der Waals surface area contributed by atoms with Crippen LogP contribution in [0.5, 0.6) is 11.5 Å². The number of carbonyl (C=O) groups excluding carboxylic acids is 2. The first kappa shape index (κ1) is 24.7. The second kappa shape index (κ2) is 11.4. The van der Waals surface area contributed by atoms with E-state index in [1.807, 2.05) is 48.5 Å². The first-order chi connectivity index (χ1) is 17.0. The van der Waals surface area contributed by atoms with Gasteiger partial charge in [-0.05, 0) is 31.0 Å². The highest BCUT2D eigenvalue weighted by atomic mass is 16.5. The minimum Gasteiger partial charge on any atom is -0.497 e. The lowest BCUT2D eigenvalue weighted by atomic mass is 9.84.